The van der Waals surface area contributed by atoms with Crippen LogP contribution in [0.5, 0.6) is 0 Å². The number of carboxylic acids is 1. The van der Waals surface area contributed by atoms with E-state index in [1.165, 1.54) is 0 Å². The van der Waals surface area contributed by atoms with Crippen LogP contribution in [0.25, 0.3) is 0 Å². The van der Waals surface area contributed by atoms with Gasteiger partial charge in [-0.1, -0.05) is 28.1 Å². The number of aliphatic carboxylic acids is 1. The molecule has 1 heterocycles. The molecule has 0 bridgehead atoms. The molecule has 0 spiro atoms. The molecule has 1 aromatic carbocycles. The smallest absolute Gasteiger partial charge is 0.320 e. The summed E-state index contributed by atoms with van der Waals surface area (Å²) in [6.45, 7) is 3.57. The number of carbonyl (C=O) groups is 1. The zero-order valence-corrected chi connectivity index (χ0v) is 11.8. The van der Waals surface area contributed by atoms with Crippen molar-refractivity contribution >= 4 is 21.9 Å². The molecule has 0 radical (unpaired) electrons. The van der Waals surface area contributed by atoms with Crippen molar-refractivity contribution in [1.29, 1.82) is 0 Å². The summed E-state index contributed by atoms with van der Waals surface area (Å²) in [5.41, 5.74) is 1.08. The molecule has 98 valence electrons. The quantitative estimate of drug-likeness (QED) is 0.930. The Morgan fingerprint density at radius 2 is 2.17 bits per heavy atom. The third kappa shape index (κ3) is 3.10. The Labute approximate surface area is 115 Å². The number of rotatable bonds is 3. The highest BCUT2D eigenvalue weighted by Gasteiger charge is 2.28. The molecule has 4 nitrogen and oxygen atoms in total. The van der Waals surface area contributed by atoms with Crippen molar-refractivity contribution in [2.75, 3.05) is 19.7 Å². The van der Waals surface area contributed by atoms with E-state index in [4.69, 9.17) is 9.84 Å². The van der Waals surface area contributed by atoms with Crippen LogP contribution in [-0.2, 0) is 9.53 Å². The first-order chi connectivity index (χ1) is 8.58. The van der Waals surface area contributed by atoms with Gasteiger partial charge < -0.3 is 9.84 Å². The molecule has 2 atom stereocenters. The first-order valence-corrected chi connectivity index (χ1v) is 6.71. The van der Waals surface area contributed by atoms with E-state index in [9.17, 15) is 4.79 Å². The molecule has 0 aromatic heterocycles. The number of benzene rings is 1. The molecule has 1 N–H and O–H groups in total. The summed E-state index contributed by atoms with van der Waals surface area (Å²) < 4.78 is 6.74. The van der Waals surface area contributed by atoms with E-state index < -0.39 is 12.0 Å². The summed E-state index contributed by atoms with van der Waals surface area (Å²) >= 11 is 3.39. The standard InChI is InChI=1S/C13H16BrNO3/c1-9(13(16)17)15-6-7-18-12(8-15)10-2-4-11(14)5-3-10/h2-5,9,12H,6-8H2,1H3,(H,16,17)/t9-,12-/m0/s1. The molecular formula is C13H16BrNO3. The highest BCUT2D eigenvalue weighted by Crippen LogP contribution is 2.24. The number of ether oxygens (including phenoxy) is 1. The van der Waals surface area contributed by atoms with Gasteiger partial charge in [0.25, 0.3) is 0 Å². The van der Waals surface area contributed by atoms with E-state index in [1.54, 1.807) is 6.92 Å². The van der Waals surface area contributed by atoms with Crippen molar-refractivity contribution in [1.82, 2.24) is 4.90 Å². The van der Waals surface area contributed by atoms with Crippen LogP contribution in [0, 0.1) is 0 Å². The van der Waals surface area contributed by atoms with Crippen molar-refractivity contribution in [2.45, 2.75) is 19.1 Å². The largest absolute Gasteiger partial charge is 0.480 e. The number of hydrogen-bond acceptors (Lipinski definition) is 3. The van der Waals surface area contributed by atoms with Gasteiger partial charge in [-0.2, -0.15) is 0 Å². The lowest BCUT2D eigenvalue weighted by Crippen LogP contribution is -2.46. The SMILES string of the molecule is C[C@@H](C(=O)O)N1CCO[C@H](c2ccc(Br)cc2)C1. The van der Waals surface area contributed by atoms with Gasteiger partial charge >= 0.3 is 5.97 Å². The van der Waals surface area contributed by atoms with Crippen LogP contribution in [0.15, 0.2) is 28.7 Å². The first-order valence-electron chi connectivity index (χ1n) is 5.92. The predicted molar refractivity (Wildman–Crippen MR) is 71.5 cm³/mol. The lowest BCUT2D eigenvalue weighted by molar-refractivity contribution is -0.145. The Balaban J connectivity index is 2.06. The van der Waals surface area contributed by atoms with Gasteiger partial charge in [0, 0.05) is 17.6 Å². The van der Waals surface area contributed by atoms with Gasteiger partial charge in [0.15, 0.2) is 0 Å². The monoisotopic (exact) mass is 313 g/mol. The molecule has 5 heteroatoms. The molecule has 1 aromatic rings. The van der Waals surface area contributed by atoms with Gasteiger partial charge in [0.2, 0.25) is 0 Å². The molecule has 0 aliphatic carbocycles. The van der Waals surface area contributed by atoms with Crippen LogP contribution < -0.4 is 0 Å². The van der Waals surface area contributed by atoms with Crippen LogP contribution in [0.2, 0.25) is 0 Å². The Kier molecular flexibility index (Phi) is 4.37. The fourth-order valence-electron chi connectivity index (χ4n) is 2.06. The maximum absolute atomic E-state index is 11.0. The van der Waals surface area contributed by atoms with E-state index >= 15 is 0 Å². The topological polar surface area (TPSA) is 49.8 Å². The number of morpholine rings is 1. The summed E-state index contributed by atoms with van der Waals surface area (Å²) in [4.78, 5) is 12.9. The van der Waals surface area contributed by atoms with Crippen molar-refractivity contribution < 1.29 is 14.6 Å². The van der Waals surface area contributed by atoms with E-state index in [2.05, 4.69) is 15.9 Å². The zero-order valence-electron chi connectivity index (χ0n) is 10.2. The normalized spacial score (nSPS) is 22.7. The van der Waals surface area contributed by atoms with Crippen molar-refractivity contribution in [3.63, 3.8) is 0 Å². The van der Waals surface area contributed by atoms with Gasteiger partial charge in [-0.05, 0) is 24.6 Å². The minimum Gasteiger partial charge on any atom is -0.480 e. The Hall–Kier alpha value is -0.910. The second-order valence-corrected chi connectivity index (χ2v) is 5.34. The lowest BCUT2D eigenvalue weighted by Gasteiger charge is -2.35. The van der Waals surface area contributed by atoms with Crippen LogP contribution >= 0.6 is 15.9 Å². The fraction of sp³-hybridized carbons (Fsp3) is 0.462. The fourth-order valence-corrected chi connectivity index (χ4v) is 2.32. The molecule has 1 aliphatic rings. The number of nitrogens with zero attached hydrogens (tertiary/aromatic N) is 1. The molecule has 0 unspecified atom stereocenters. The van der Waals surface area contributed by atoms with Gasteiger partial charge in [-0.25, -0.2) is 0 Å². The highest BCUT2D eigenvalue weighted by atomic mass is 79.9. The van der Waals surface area contributed by atoms with E-state index in [0.29, 0.717) is 19.7 Å². The Morgan fingerprint density at radius 3 is 2.78 bits per heavy atom. The minimum absolute atomic E-state index is 0.0475. The number of hydrogen-bond donors (Lipinski definition) is 1. The van der Waals surface area contributed by atoms with Gasteiger partial charge in [-0.3, -0.25) is 9.69 Å². The molecule has 0 amide bonds. The van der Waals surface area contributed by atoms with Crippen LogP contribution in [0.3, 0.4) is 0 Å². The molecule has 2 rings (SSSR count). The highest BCUT2D eigenvalue weighted by molar-refractivity contribution is 9.10. The molecular weight excluding hydrogens is 298 g/mol. The molecule has 1 saturated heterocycles. The third-order valence-electron chi connectivity index (χ3n) is 3.24. The molecule has 1 aliphatic heterocycles. The summed E-state index contributed by atoms with van der Waals surface area (Å²) in [6, 6.07) is 7.48. The maximum atomic E-state index is 11.0. The average Bonchev–Trinajstić information content (AvgIpc) is 2.38. The summed E-state index contributed by atoms with van der Waals surface area (Å²) in [5, 5.41) is 9.04. The average molecular weight is 314 g/mol. The second-order valence-electron chi connectivity index (χ2n) is 4.42. The van der Waals surface area contributed by atoms with Crippen molar-refractivity contribution in [2.24, 2.45) is 0 Å². The number of halogens is 1. The summed E-state index contributed by atoms with van der Waals surface area (Å²) in [6.07, 6.45) is -0.0475. The van der Waals surface area contributed by atoms with E-state index in [1.807, 2.05) is 29.2 Å². The maximum Gasteiger partial charge on any atom is 0.320 e. The first kappa shape index (κ1) is 13.5. The van der Waals surface area contributed by atoms with E-state index in [-0.39, 0.29) is 6.10 Å². The Morgan fingerprint density at radius 1 is 1.50 bits per heavy atom. The zero-order chi connectivity index (χ0) is 13.1. The van der Waals surface area contributed by atoms with Crippen LogP contribution in [-0.4, -0.2) is 41.7 Å². The molecule has 0 saturated carbocycles. The third-order valence-corrected chi connectivity index (χ3v) is 3.77. The van der Waals surface area contributed by atoms with Gasteiger partial charge in [-0.15, -0.1) is 0 Å². The second kappa shape index (κ2) is 5.82. The molecule has 18 heavy (non-hydrogen) atoms. The summed E-state index contributed by atoms with van der Waals surface area (Å²) in [5.74, 6) is -0.786. The lowest BCUT2D eigenvalue weighted by atomic mass is 10.1. The van der Waals surface area contributed by atoms with Crippen molar-refractivity contribution in [3.05, 3.63) is 34.3 Å². The Bertz CT molecular complexity index is 421. The summed E-state index contributed by atoms with van der Waals surface area (Å²) in [7, 11) is 0. The van der Waals surface area contributed by atoms with E-state index in [0.717, 1.165) is 10.0 Å². The van der Waals surface area contributed by atoms with Crippen LogP contribution in [0.4, 0.5) is 0 Å². The van der Waals surface area contributed by atoms with Gasteiger partial charge in [0.1, 0.15) is 6.04 Å². The molecule has 1 fully saturated rings. The predicted octanol–water partition coefficient (Wildman–Crippen LogP) is 2.30. The number of carboxylic acid groups (broad SMARTS) is 1. The van der Waals surface area contributed by atoms with Crippen molar-refractivity contribution in [3.8, 4) is 0 Å². The minimum atomic E-state index is -0.786. The van der Waals surface area contributed by atoms with Crippen LogP contribution in [0.1, 0.15) is 18.6 Å². The van der Waals surface area contributed by atoms with Gasteiger partial charge in [0.05, 0.1) is 12.7 Å².